The van der Waals surface area contributed by atoms with Crippen LogP contribution in [-0.2, 0) is 16.2 Å². The molecule has 0 aliphatic rings. The summed E-state index contributed by atoms with van der Waals surface area (Å²) in [7, 11) is 0. The smallest absolute Gasteiger partial charge is 0.223 e. The van der Waals surface area contributed by atoms with Crippen molar-refractivity contribution >= 4 is 28.0 Å². The number of aromatic hydroxyl groups is 1. The van der Waals surface area contributed by atoms with E-state index in [9.17, 15) is 5.11 Å². The fourth-order valence-electron chi connectivity index (χ4n) is 6.21. The van der Waals surface area contributed by atoms with Gasteiger partial charge in [0, 0.05) is 23.3 Å². The average Bonchev–Trinajstić information content (AvgIpc) is 3.53. The van der Waals surface area contributed by atoms with Gasteiger partial charge in [-0.15, -0.1) is 0 Å². The number of phenolic OH excluding ortho intramolecular Hbond substituents is 1. The number of ether oxygens (including phenoxy) is 1. The number of hydrogen-bond acceptors (Lipinski definition) is 5. The molecule has 0 aliphatic heterocycles. The molecule has 48 heavy (non-hydrogen) atoms. The molecule has 0 aliphatic carbocycles. The van der Waals surface area contributed by atoms with E-state index in [1.165, 1.54) is 5.56 Å². The summed E-state index contributed by atoms with van der Waals surface area (Å²) in [6, 6.07) is 30.3. The van der Waals surface area contributed by atoms with Crippen molar-refractivity contribution in [3.8, 4) is 34.5 Å². The van der Waals surface area contributed by atoms with E-state index in [0.717, 1.165) is 44.8 Å². The summed E-state index contributed by atoms with van der Waals surface area (Å²) in [6.45, 7) is 19.5. The van der Waals surface area contributed by atoms with Crippen LogP contribution in [0.15, 0.2) is 91.0 Å². The van der Waals surface area contributed by atoms with Crippen LogP contribution in [0.3, 0.4) is 0 Å². The maximum Gasteiger partial charge on any atom is 0.223 e. The highest BCUT2D eigenvalue weighted by Gasteiger charge is 2.26. The Bertz CT molecular complexity index is 2330. The summed E-state index contributed by atoms with van der Waals surface area (Å²) in [5, 5.41) is 11.5. The van der Waals surface area contributed by atoms with Crippen molar-refractivity contribution in [2.75, 3.05) is 0 Å². The Hall–Kier alpha value is -5.17. The Kier molecular flexibility index (Phi) is 7.17. The van der Waals surface area contributed by atoms with Crippen molar-refractivity contribution in [3.05, 3.63) is 108 Å². The van der Waals surface area contributed by atoms with Crippen LogP contribution in [-0.4, -0.2) is 29.0 Å². The molecular formula is C41H43N5O2. The Labute approximate surface area is 281 Å². The second-order valence-corrected chi connectivity index (χ2v) is 15.7. The molecule has 0 radical (unpaired) electrons. The molecule has 0 saturated carbocycles. The molecule has 0 atom stereocenters. The molecule has 1 N–H and O–H groups in total. The van der Waals surface area contributed by atoms with Crippen molar-refractivity contribution in [3.63, 3.8) is 0 Å². The van der Waals surface area contributed by atoms with E-state index in [4.69, 9.17) is 19.7 Å². The summed E-state index contributed by atoms with van der Waals surface area (Å²) >= 11 is 0. The number of imidazole rings is 2. The van der Waals surface area contributed by atoms with Gasteiger partial charge in [0.25, 0.3) is 0 Å². The van der Waals surface area contributed by atoms with Crippen molar-refractivity contribution in [2.24, 2.45) is 0 Å². The number of aromatic nitrogens is 5. The lowest BCUT2D eigenvalue weighted by atomic mass is 9.78. The molecule has 0 bridgehead atoms. The molecule has 7 aromatic rings. The molecule has 0 saturated heterocycles. The quantitative estimate of drug-likeness (QED) is 0.208. The SMILES string of the molecule is CC(C)(C)c1cc(-c2cccc(Oc3ccc4c(n3)n(-c3ccccc3)c3nc5ccc(C(C)(C)C)cc5n43)n2)c(O)c(C(C)(C)C)c1. The molecule has 4 heterocycles. The maximum atomic E-state index is 11.5. The number of nitrogens with zero attached hydrogens (tertiary/aromatic N) is 5. The van der Waals surface area contributed by atoms with E-state index in [-0.39, 0.29) is 22.0 Å². The normalized spacial score (nSPS) is 12.8. The topological polar surface area (TPSA) is 77.5 Å². The van der Waals surface area contributed by atoms with Crippen LogP contribution in [0.1, 0.15) is 79.0 Å². The van der Waals surface area contributed by atoms with Gasteiger partial charge in [-0.25, -0.2) is 9.97 Å². The zero-order valence-corrected chi connectivity index (χ0v) is 29.3. The summed E-state index contributed by atoms with van der Waals surface area (Å²) in [6.07, 6.45) is 0. The van der Waals surface area contributed by atoms with Gasteiger partial charge in [-0.1, -0.05) is 98.7 Å². The number of pyridine rings is 2. The average molecular weight is 638 g/mol. The predicted molar refractivity (Wildman–Crippen MR) is 195 cm³/mol. The van der Waals surface area contributed by atoms with Gasteiger partial charge < -0.3 is 9.84 Å². The Morgan fingerprint density at radius 2 is 1.31 bits per heavy atom. The van der Waals surface area contributed by atoms with Crippen LogP contribution < -0.4 is 4.74 Å². The van der Waals surface area contributed by atoms with Crippen molar-refractivity contribution < 1.29 is 9.84 Å². The third kappa shape index (κ3) is 5.47. The number of rotatable bonds is 4. The fourth-order valence-corrected chi connectivity index (χ4v) is 6.21. The van der Waals surface area contributed by atoms with Gasteiger partial charge in [-0.3, -0.25) is 8.97 Å². The zero-order chi connectivity index (χ0) is 34.2. The molecule has 3 aromatic carbocycles. The minimum Gasteiger partial charge on any atom is -0.507 e. The Morgan fingerprint density at radius 1 is 0.604 bits per heavy atom. The molecule has 7 rings (SSSR count). The molecule has 4 aromatic heterocycles. The molecule has 244 valence electrons. The third-order valence-corrected chi connectivity index (χ3v) is 8.99. The lowest BCUT2D eigenvalue weighted by Gasteiger charge is -2.27. The first-order valence-electron chi connectivity index (χ1n) is 16.5. The van der Waals surface area contributed by atoms with Crippen LogP contribution in [0.25, 0.3) is 44.9 Å². The van der Waals surface area contributed by atoms with Gasteiger partial charge in [-0.2, -0.15) is 4.98 Å². The van der Waals surface area contributed by atoms with Crippen LogP contribution in [0.4, 0.5) is 0 Å². The van der Waals surface area contributed by atoms with E-state index < -0.39 is 0 Å². The molecule has 7 nitrogen and oxygen atoms in total. The molecule has 7 heteroatoms. The van der Waals surface area contributed by atoms with E-state index in [1.807, 2.05) is 54.6 Å². The minimum atomic E-state index is -0.249. The van der Waals surface area contributed by atoms with Crippen LogP contribution in [0.2, 0.25) is 0 Å². The standard InChI is InChI=1S/C41H43N5O2/c1-39(2,3)25-18-19-31-33(24-25)46-32-20-21-35(44-37(32)45(38(46)43-31)27-14-11-10-12-15-27)48-34-17-13-16-30(42-34)28-22-26(40(4,5)6)23-29(36(28)47)41(7,8)9/h10-24,47H,1-9H3. The number of hydrogen-bond donors (Lipinski definition) is 1. The highest BCUT2D eigenvalue weighted by atomic mass is 16.5. The van der Waals surface area contributed by atoms with Gasteiger partial charge in [0.15, 0.2) is 5.65 Å². The fraction of sp³-hybridized carbons (Fsp3) is 0.293. The largest absolute Gasteiger partial charge is 0.507 e. The summed E-state index contributed by atoms with van der Waals surface area (Å²) in [4.78, 5) is 15.0. The van der Waals surface area contributed by atoms with Crippen molar-refractivity contribution in [2.45, 2.75) is 78.6 Å². The third-order valence-electron chi connectivity index (χ3n) is 8.99. The lowest BCUT2D eigenvalue weighted by molar-refractivity contribution is 0.443. The monoisotopic (exact) mass is 637 g/mol. The molecule has 0 fully saturated rings. The van der Waals surface area contributed by atoms with Gasteiger partial charge >= 0.3 is 0 Å². The van der Waals surface area contributed by atoms with Gasteiger partial charge in [0.2, 0.25) is 17.5 Å². The van der Waals surface area contributed by atoms with E-state index in [0.29, 0.717) is 23.0 Å². The number of benzene rings is 3. The predicted octanol–water partition coefficient (Wildman–Crippen LogP) is 10.3. The summed E-state index contributed by atoms with van der Waals surface area (Å²) in [5.41, 5.74) is 8.79. The first-order chi connectivity index (χ1) is 22.6. The molecular weight excluding hydrogens is 594 g/mol. The van der Waals surface area contributed by atoms with Gasteiger partial charge in [-0.05, 0) is 69.8 Å². The van der Waals surface area contributed by atoms with Crippen LogP contribution in [0.5, 0.6) is 17.5 Å². The Morgan fingerprint density at radius 3 is 2.00 bits per heavy atom. The van der Waals surface area contributed by atoms with Gasteiger partial charge in [0.05, 0.1) is 27.9 Å². The van der Waals surface area contributed by atoms with Crippen molar-refractivity contribution in [1.29, 1.82) is 0 Å². The van der Waals surface area contributed by atoms with Crippen LogP contribution >= 0.6 is 0 Å². The molecule has 0 unspecified atom stereocenters. The second-order valence-electron chi connectivity index (χ2n) is 15.7. The highest BCUT2D eigenvalue weighted by molar-refractivity contribution is 5.91. The van der Waals surface area contributed by atoms with E-state index >= 15 is 0 Å². The number of para-hydroxylation sites is 1. The van der Waals surface area contributed by atoms with E-state index in [1.54, 1.807) is 0 Å². The number of fused-ring (bicyclic) bond motifs is 5. The first-order valence-corrected chi connectivity index (χ1v) is 16.5. The molecule has 0 spiro atoms. The highest BCUT2D eigenvalue weighted by Crippen LogP contribution is 2.42. The maximum absolute atomic E-state index is 11.5. The van der Waals surface area contributed by atoms with E-state index in [2.05, 4.69) is 108 Å². The zero-order valence-electron chi connectivity index (χ0n) is 29.3. The second kappa shape index (κ2) is 10.9. The lowest BCUT2D eigenvalue weighted by Crippen LogP contribution is -2.17. The van der Waals surface area contributed by atoms with Crippen LogP contribution in [0, 0.1) is 0 Å². The number of phenols is 1. The van der Waals surface area contributed by atoms with Gasteiger partial charge in [0.1, 0.15) is 5.75 Å². The molecule has 0 amide bonds. The summed E-state index contributed by atoms with van der Waals surface area (Å²) < 4.78 is 10.6. The Balaban J connectivity index is 1.36. The summed E-state index contributed by atoms with van der Waals surface area (Å²) in [5.74, 6) is 1.82. The van der Waals surface area contributed by atoms with Crippen molar-refractivity contribution in [1.82, 2.24) is 23.9 Å². The minimum absolute atomic E-state index is 0.00386. The first kappa shape index (κ1) is 31.4.